The molecule has 0 aliphatic heterocycles. The number of pyridine rings is 1. The average Bonchev–Trinajstić information content (AvgIpc) is 3.28. The minimum Gasteiger partial charge on any atom is -0.319 e. The number of carbonyl (C=O) groups excluding carboxylic acids is 1. The van der Waals surface area contributed by atoms with Crippen molar-refractivity contribution in [3.05, 3.63) is 88.5 Å². The Morgan fingerprint density at radius 3 is 2.56 bits per heavy atom. The van der Waals surface area contributed by atoms with Crippen LogP contribution in [0.4, 0.5) is 18.9 Å². The van der Waals surface area contributed by atoms with Gasteiger partial charge in [-0.25, -0.2) is 19.3 Å². The third-order valence-electron chi connectivity index (χ3n) is 4.42. The molecular weight excluding hydrogens is 427 g/mol. The molecule has 0 radical (unpaired) electrons. The number of aromatic nitrogens is 6. The molecule has 1 N–H and O–H groups in total. The van der Waals surface area contributed by atoms with Crippen LogP contribution in [0.1, 0.15) is 21.7 Å². The highest BCUT2D eigenvalue weighted by Gasteiger charge is 2.34. The molecule has 0 saturated heterocycles. The van der Waals surface area contributed by atoms with E-state index >= 15 is 0 Å². The Morgan fingerprint density at radius 2 is 1.91 bits per heavy atom. The lowest BCUT2D eigenvalue weighted by Gasteiger charge is -2.16. The monoisotopic (exact) mass is 441 g/mol. The zero-order valence-electron chi connectivity index (χ0n) is 16.4. The topological polar surface area (TPSA) is 108 Å². The standard InChI is InChI=1S/C20H14F3N7O2/c1-12-8-16(31)18(28-30(12)15-5-3-2-4-14(15)20(21,22)23)19(32)27-13-6-7-17(25-9-13)29-11-24-10-26-29/h2-11H,1H3,(H,27,32). The highest BCUT2D eigenvalue weighted by atomic mass is 19.4. The molecule has 0 spiro atoms. The molecule has 3 aromatic heterocycles. The second-order valence-corrected chi connectivity index (χ2v) is 6.62. The first-order valence-corrected chi connectivity index (χ1v) is 9.14. The van der Waals surface area contributed by atoms with Gasteiger partial charge in [-0.3, -0.25) is 9.59 Å². The van der Waals surface area contributed by atoms with E-state index in [-0.39, 0.29) is 17.1 Å². The predicted molar refractivity (Wildman–Crippen MR) is 107 cm³/mol. The van der Waals surface area contributed by atoms with Crippen molar-refractivity contribution < 1.29 is 18.0 Å². The molecule has 0 aliphatic carbocycles. The van der Waals surface area contributed by atoms with Crippen LogP contribution in [-0.4, -0.2) is 35.4 Å². The van der Waals surface area contributed by atoms with Gasteiger partial charge in [0.25, 0.3) is 5.91 Å². The first-order valence-electron chi connectivity index (χ1n) is 9.14. The number of nitrogens with one attached hydrogen (secondary N) is 1. The van der Waals surface area contributed by atoms with E-state index < -0.39 is 28.8 Å². The molecule has 0 fully saturated rings. The summed E-state index contributed by atoms with van der Waals surface area (Å²) >= 11 is 0. The lowest BCUT2D eigenvalue weighted by molar-refractivity contribution is -0.137. The Labute approximate surface area is 178 Å². The zero-order valence-corrected chi connectivity index (χ0v) is 16.4. The van der Waals surface area contributed by atoms with Gasteiger partial charge in [0.15, 0.2) is 11.5 Å². The number of carbonyl (C=O) groups is 1. The number of nitrogens with zero attached hydrogens (tertiary/aromatic N) is 6. The summed E-state index contributed by atoms with van der Waals surface area (Å²) in [6, 6.07) is 8.90. The smallest absolute Gasteiger partial charge is 0.319 e. The molecule has 1 amide bonds. The van der Waals surface area contributed by atoms with E-state index in [0.717, 1.165) is 16.8 Å². The predicted octanol–water partition coefficient (Wildman–Crippen LogP) is 2.79. The van der Waals surface area contributed by atoms with E-state index in [9.17, 15) is 22.8 Å². The van der Waals surface area contributed by atoms with Crippen LogP contribution in [0.2, 0.25) is 0 Å². The number of halogens is 3. The lowest BCUT2D eigenvalue weighted by Crippen LogP contribution is -2.27. The number of hydrogen-bond donors (Lipinski definition) is 1. The Bertz CT molecular complexity index is 1330. The number of aryl methyl sites for hydroxylation is 1. The molecule has 4 rings (SSSR count). The maximum absolute atomic E-state index is 13.4. The number of rotatable bonds is 4. The minimum atomic E-state index is -4.65. The lowest BCUT2D eigenvalue weighted by atomic mass is 10.1. The van der Waals surface area contributed by atoms with E-state index in [1.165, 1.54) is 54.7 Å². The number of anilines is 1. The molecule has 3 heterocycles. The number of benzene rings is 1. The minimum absolute atomic E-state index is 0.141. The largest absolute Gasteiger partial charge is 0.418 e. The molecule has 9 nitrogen and oxygen atoms in total. The van der Waals surface area contributed by atoms with Gasteiger partial charge in [0, 0.05) is 11.8 Å². The van der Waals surface area contributed by atoms with Crippen molar-refractivity contribution in [3.63, 3.8) is 0 Å². The van der Waals surface area contributed by atoms with E-state index in [2.05, 4.69) is 25.5 Å². The molecule has 32 heavy (non-hydrogen) atoms. The maximum Gasteiger partial charge on any atom is 0.418 e. The van der Waals surface area contributed by atoms with Gasteiger partial charge in [0.1, 0.15) is 12.7 Å². The van der Waals surface area contributed by atoms with Gasteiger partial charge in [0.05, 0.1) is 23.1 Å². The Hall–Kier alpha value is -4.35. The van der Waals surface area contributed by atoms with Gasteiger partial charge >= 0.3 is 6.18 Å². The molecule has 0 aliphatic rings. The molecule has 162 valence electrons. The summed E-state index contributed by atoms with van der Waals surface area (Å²) in [5, 5.41) is 10.3. The Morgan fingerprint density at radius 1 is 1.12 bits per heavy atom. The van der Waals surface area contributed by atoms with Crippen molar-refractivity contribution in [2.45, 2.75) is 13.1 Å². The summed E-state index contributed by atoms with van der Waals surface area (Å²) in [6.45, 7) is 1.43. The first kappa shape index (κ1) is 20.9. The van der Waals surface area contributed by atoms with Crippen LogP contribution in [0.15, 0.2) is 66.1 Å². The SMILES string of the molecule is Cc1cc(=O)c(C(=O)Nc2ccc(-n3cncn3)nc2)nn1-c1ccccc1C(F)(F)F. The van der Waals surface area contributed by atoms with Gasteiger partial charge in [-0.1, -0.05) is 12.1 Å². The van der Waals surface area contributed by atoms with Crippen LogP contribution in [0.3, 0.4) is 0 Å². The summed E-state index contributed by atoms with van der Waals surface area (Å²) in [4.78, 5) is 32.9. The second-order valence-electron chi connectivity index (χ2n) is 6.62. The third kappa shape index (κ3) is 4.10. The normalized spacial score (nSPS) is 11.4. The van der Waals surface area contributed by atoms with E-state index in [0.29, 0.717) is 5.82 Å². The molecule has 0 bridgehead atoms. The highest BCUT2D eigenvalue weighted by Crippen LogP contribution is 2.33. The van der Waals surface area contributed by atoms with Crippen molar-refractivity contribution in [2.24, 2.45) is 0 Å². The van der Waals surface area contributed by atoms with Crippen molar-refractivity contribution in [2.75, 3.05) is 5.32 Å². The van der Waals surface area contributed by atoms with E-state index in [1.807, 2.05) is 0 Å². The van der Waals surface area contributed by atoms with Crippen LogP contribution < -0.4 is 10.7 Å². The first-order chi connectivity index (χ1) is 15.2. The summed E-state index contributed by atoms with van der Waals surface area (Å²) in [5.41, 5.74) is -2.14. The summed E-state index contributed by atoms with van der Waals surface area (Å²) < 4.78 is 42.6. The van der Waals surface area contributed by atoms with Crippen molar-refractivity contribution in [1.29, 1.82) is 0 Å². The molecular formula is C20H14F3N7O2. The summed E-state index contributed by atoms with van der Waals surface area (Å²) in [6.07, 6.45) is -0.533. The maximum atomic E-state index is 13.4. The number of amides is 1. The zero-order chi connectivity index (χ0) is 22.9. The van der Waals surface area contributed by atoms with Gasteiger partial charge < -0.3 is 5.32 Å². The number of hydrogen-bond acceptors (Lipinski definition) is 6. The third-order valence-corrected chi connectivity index (χ3v) is 4.42. The van der Waals surface area contributed by atoms with Gasteiger partial charge in [-0.2, -0.15) is 23.4 Å². The van der Waals surface area contributed by atoms with Gasteiger partial charge in [0.2, 0.25) is 5.43 Å². The molecule has 12 heteroatoms. The van der Waals surface area contributed by atoms with Crippen LogP contribution in [0.5, 0.6) is 0 Å². The van der Waals surface area contributed by atoms with E-state index in [1.54, 1.807) is 6.07 Å². The average molecular weight is 441 g/mol. The van der Waals surface area contributed by atoms with Crippen LogP contribution >= 0.6 is 0 Å². The fourth-order valence-corrected chi connectivity index (χ4v) is 2.96. The number of para-hydroxylation sites is 1. The van der Waals surface area contributed by atoms with E-state index in [4.69, 9.17) is 0 Å². The van der Waals surface area contributed by atoms with Gasteiger partial charge in [-0.15, -0.1) is 0 Å². The van der Waals surface area contributed by atoms with Crippen molar-refractivity contribution >= 4 is 11.6 Å². The molecule has 0 saturated carbocycles. The quantitative estimate of drug-likeness (QED) is 0.522. The fraction of sp³-hybridized carbons (Fsp3) is 0.100. The fourth-order valence-electron chi connectivity index (χ4n) is 2.96. The molecule has 0 atom stereocenters. The Kier molecular flexibility index (Phi) is 5.26. The van der Waals surface area contributed by atoms with Gasteiger partial charge in [-0.05, 0) is 31.2 Å². The van der Waals surface area contributed by atoms with Crippen LogP contribution in [0.25, 0.3) is 11.5 Å². The molecule has 0 unspecified atom stereocenters. The van der Waals surface area contributed by atoms with Crippen molar-refractivity contribution in [3.8, 4) is 11.5 Å². The summed E-state index contributed by atoms with van der Waals surface area (Å²) in [7, 11) is 0. The van der Waals surface area contributed by atoms with Crippen LogP contribution in [0, 0.1) is 6.92 Å². The van der Waals surface area contributed by atoms with Crippen molar-refractivity contribution in [1.82, 2.24) is 29.5 Å². The summed E-state index contributed by atoms with van der Waals surface area (Å²) in [5.74, 6) is -0.441. The Balaban J connectivity index is 1.67. The second kappa shape index (κ2) is 8.06. The highest BCUT2D eigenvalue weighted by molar-refractivity contribution is 6.02. The molecule has 1 aromatic carbocycles. The number of alkyl halides is 3. The van der Waals surface area contributed by atoms with Crippen LogP contribution in [-0.2, 0) is 6.18 Å². The molecule has 4 aromatic rings.